The fourth-order valence-electron chi connectivity index (χ4n) is 2.47. The van der Waals surface area contributed by atoms with Gasteiger partial charge in [0, 0.05) is 27.6 Å². The van der Waals surface area contributed by atoms with E-state index in [1.807, 2.05) is 0 Å². The van der Waals surface area contributed by atoms with Crippen molar-refractivity contribution in [1.82, 2.24) is 9.99 Å². The molecule has 2 aromatic carbocycles. The van der Waals surface area contributed by atoms with Crippen LogP contribution in [0.15, 0.2) is 53.0 Å². The lowest BCUT2D eigenvalue weighted by molar-refractivity contribution is -0.136. The van der Waals surface area contributed by atoms with Crippen LogP contribution in [0.2, 0.25) is 5.02 Å². The van der Waals surface area contributed by atoms with Crippen molar-refractivity contribution in [3.63, 3.8) is 0 Å². The van der Waals surface area contributed by atoms with Crippen LogP contribution >= 0.6 is 27.5 Å². The minimum atomic E-state index is -0.900. The summed E-state index contributed by atoms with van der Waals surface area (Å²) in [5.74, 6) is -2.19. The highest BCUT2D eigenvalue weighted by molar-refractivity contribution is 9.10. The largest absolute Gasteiger partial charge is 0.351 e. The average Bonchev–Trinajstić information content (AvgIpc) is 3.00. The van der Waals surface area contributed by atoms with E-state index in [9.17, 15) is 14.4 Å². The Morgan fingerprint density at radius 1 is 1.00 bits per heavy atom. The van der Waals surface area contributed by atoms with Crippen LogP contribution in [0.1, 0.15) is 10.5 Å². The van der Waals surface area contributed by atoms with E-state index in [0.717, 1.165) is 4.47 Å². The SMILES string of the molecule is CNC(=O)C(=O)Nn1c(C(=O)Nc2ccc(Br)cc2)cc2cc(Cl)ccc21. The number of fused-ring (bicyclic) bond motifs is 1. The van der Waals surface area contributed by atoms with Crippen molar-refractivity contribution in [3.05, 3.63) is 63.7 Å². The molecule has 0 aliphatic rings. The third-order valence-electron chi connectivity index (χ3n) is 3.74. The van der Waals surface area contributed by atoms with Crippen molar-refractivity contribution in [2.24, 2.45) is 0 Å². The van der Waals surface area contributed by atoms with Crippen LogP contribution in [0.3, 0.4) is 0 Å². The number of aromatic nitrogens is 1. The molecule has 9 heteroatoms. The monoisotopic (exact) mass is 448 g/mol. The minimum absolute atomic E-state index is 0.146. The van der Waals surface area contributed by atoms with Crippen LogP contribution in [0.5, 0.6) is 0 Å². The van der Waals surface area contributed by atoms with Gasteiger partial charge in [0.25, 0.3) is 5.91 Å². The Kier molecular flexibility index (Phi) is 5.48. The maximum absolute atomic E-state index is 12.8. The first-order valence-electron chi connectivity index (χ1n) is 7.80. The van der Waals surface area contributed by atoms with Crippen LogP contribution in [-0.2, 0) is 9.59 Å². The molecule has 0 radical (unpaired) electrons. The van der Waals surface area contributed by atoms with Crippen LogP contribution < -0.4 is 16.1 Å². The molecule has 0 unspecified atom stereocenters. The molecule has 0 saturated carbocycles. The van der Waals surface area contributed by atoms with Crippen LogP contribution in [0, 0.1) is 0 Å². The third-order valence-corrected chi connectivity index (χ3v) is 4.51. The Balaban J connectivity index is 2.00. The molecule has 138 valence electrons. The zero-order valence-electron chi connectivity index (χ0n) is 14.0. The molecular formula is C18H14BrClN4O3. The molecule has 3 N–H and O–H groups in total. The summed E-state index contributed by atoms with van der Waals surface area (Å²) in [5, 5.41) is 6.11. The molecule has 3 amide bonds. The standard InChI is InChI=1S/C18H14BrClN4O3/c1-21-17(26)18(27)23-24-14-7-4-12(20)8-10(14)9-15(24)16(25)22-13-5-2-11(19)3-6-13/h2-9H,1H3,(H,21,26)(H,22,25)(H,23,27). The van der Waals surface area contributed by atoms with Gasteiger partial charge in [-0.2, -0.15) is 0 Å². The molecular weight excluding hydrogens is 436 g/mol. The highest BCUT2D eigenvalue weighted by Gasteiger charge is 2.20. The Morgan fingerprint density at radius 3 is 2.37 bits per heavy atom. The number of nitrogens with zero attached hydrogens (tertiary/aromatic N) is 1. The molecule has 0 aliphatic heterocycles. The second-order valence-corrected chi connectivity index (χ2v) is 6.90. The number of nitrogens with one attached hydrogen (secondary N) is 3. The first-order valence-corrected chi connectivity index (χ1v) is 8.97. The van der Waals surface area contributed by atoms with Gasteiger partial charge in [0.2, 0.25) is 0 Å². The number of hydrogen-bond acceptors (Lipinski definition) is 3. The summed E-state index contributed by atoms with van der Waals surface area (Å²) >= 11 is 9.35. The molecule has 0 bridgehead atoms. The number of halogens is 2. The van der Waals surface area contributed by atoms with Gasteiger partial charge in [-0.3, -0.25) is 19.8 Å². The molecule has 1 heterocycles. The van der Waals surface area contributed by atoms with Gasteiger partial charge in [0.15, 0.2) is 0 Å². The van der Waals surface area contributed by atoms with Crippen molar-refractivity contribution >= 4 is 61.8 Å². The molecule has 0 saturated heterocycles. The lowest BCUT2D eigenvalue weighted by atomic mass is 10.2. The lowest BCUT2D eigenvalue weighted by Crippen LogP contribution is -2.38. The van der Waals surface area contributed by atoms with E-state index in [4.69, 9.17) is 11.6 Å². The number of anilines is 1. The first kappa shape index (κ1) is 18.9. The maximum Gasteiger partial charge on any atom is 0.328 e. The Morgan fingerprint density at radius 2 is 1.70 bits per heavy atom. The van der Waals surface area contributed by atoms with Crippen molar-refractivity contribution < 1.29 is 14.4 Å². The number of likely N-dealkylation sites (N-methyl/N-ethyl adjacent to an activating group) is 1. The minimum Gasteiger partial charge on any atom is -0.351 e. The van der Waals surface area contributed by atoms with E-state index in [1.54, 1.807) is 48.5 Å². The predicted octanol–water partition coefficient (Wildman–Crippen LogP) is 3.13. The quantitative estimate of drug-likeness (QED) is 0.537. The molecule has 1 aromatic heterocycles. The highest BCUT2D eigenvalue weighted by Crippen LogP contribution is 2.24. The van der Waals surface area contributed by atoms with Gasteiger partial charge in [-0.25, -0.2) is 4.68 Å². The van der Waals surface area contributed by atoms with Crippen LogP contribution in [0.4, 0.5) is 5.69 Å². The number of amides is 3. The van der Waals surface area contributed by atoms with Gasteiger partial charge in [-0.05, 0) is 48.5 Å². The number of carbonyl (C=O) groups is 3. The highest BCUT2D eigenvalue weighted by atomic mass is 79.9. The summed E-state index contributed by atoms with van der Waals surface area (Å²) in [4.78, 5) is 36.4. The molecule has 3 rings (SSSR count). The first-order chi connectivity index (χ1) is 12.9. The summed E-state index contributed by atoms with van der Waals surface area (Å²) in [6.45, 7) is 0. The summed E-state index contributed by atoms with van der Waals surface area (Å²) < 4.78 is 2.14. The molecule has 0 fully saturated rings. The van der Waals surface area contributed by atoms with E-state index < -0.39 is 17.7 Å². The van der Waals surface area contributed by atoms with Crippen molar-refractivity contribution in [2.45, 2.75) is 0 Å². The van der Waals surface area contributed by atoms with Crippen molar-refractivity contribution in [2.75, 3.05) is 17.8 Å². The second kappa shape index (κ2) is 7.81. The van der Waals surface area contributed by atoms with Crippen molar-refractivity contribution in [3.8, 4) is 0 Å². The second-order valence-electron chi connectivity index (χ2n) is 5.55. The summed E-state index contributed by atoms with van der Waals surface area (Å²) in [6.07, 6.45) is 0. The maximum atomic E-state index is 12.8. The number of rotatable bonds is 3. The Bertz CT molecular complexity index is 1050. The topological polar surface area (TPSA) is 92.2 Å². The van der Waals surface area contributed by atoms with Crippen LogP contribution in [0.25, 0.3) is 10.9 Å². The van der Waals surface area contributed by atoms with Crippen LogP contribution in [-0.4, -0.2) is 29.4 Å². The van der Waals surface area contributed by atoms with E-state index >= 15 is 0 Å². The number of hydrogen-bond donors (Lipinski definition) is 3. The van der Waals surface area contributed by atoms with Gasteiger partial charge >= 0.3 is 11.8 Å². The fourth-order valence-corrected chi connectivity index (χ4v) is 2.91. The van der Waals surface area contributed by atoms with E-state index in [-0.39, 0.29) is 5.69 Å². The number of carbonyl (C=O) groups excluding carboxylic acids is 3. The summed E-state index contributed by atoms with van der Waals surface area (Å²) in [6, 6.07) is 13.6. The van der Waals surface area contributed by atoms with Gasteiger partial charge in [0.05, 0.1) is 5.52 Å². The molecule has 0 aliphatic carbocycles. The van der Waals surface area contributed by atoms with Gasteiger partial charge in [-0.15, -0.1) is 0 Å². The smallest absolute Gasteiger partial charge is 0.328 e. The molecule has 7 nitrogen and oxygen atoms in total. The molecule has 3 aromatic rings. The van der Waals surface area contributed by atoms with Gasteiger partial charge in [0.1, 0.15) is 5.69 Å². The zero-order chi connectivity index (χ0) is 19.6. The van der Waals surface area contributed by atoms with Gasteiger partial charge < -0.3 is 10.6 Å². The van der Waals surface area contributed by atoms with Gasteiger partial charge in [-0.1, -0.05) is 27.5 Å². The van der Waals surface area contributed by atoms with E-state index in [1.165, 1.54) is 11.7 Å². The lowest BCUT2D eigenvalue weighted by Gasteiger charge is -2.12. The molecule has 0 atom stereocenters. The average molecular weight is 450 g/mol. The molecule has 27 heavy (non-hydrogen) atoms. The summed E-state index contributed by atoms with van der Waals surface area (Å²) in [7, 11) is 1.34. The van der Waals surface area contributed by atoms with E-state index in [0.29, 0.717) is 21.6 Å². The number of benzene rings is 2. The normalized spacial score (nSPS) is 10.5. The Labute approximate surface area is 167 Å². The van der Waals surface area contributed by atoms with Crippen molar-refractivity contribution in [1.29, 1.82) is 0 Å². The van der Waals surface area contributed by atoms with E-state index in [2.05, 4.69) is 32.0 Å². The predicted molar refractivity (Wildman–Crippen MR) is 107 cm³/mol. The zero-order valence-corrected chi connectivity index (χ0v) is 16.4. The summed E-state index contributed by atoms with van der Waals surface area (Å²) in [5.41, 5.74) is 3.68. The fraction of sp³-hybridized carbons (Fsp3) is 0.0556. The Hall–Kier alpha value is -2.84. The third kappa shape index (κ3) is 4.12. The molecule has 0 spiro atoms.